The summed E-state index contributed by atoms with van der Waals surface area (Å²) in [6.07, 6.45) is 3.83. The molecule has 0 saturated carbocycles. The van der Waals surface area contributed by atoms with Crippen LogP contribution in [0.25, 0.3) is 0 Å². The lowest BCUT2D eigenvalue weighted by Crippen LogP contribution is -2.61. The molecule has 3 aromatic rings. The van der Waals surface area contributed by atoms with Crippen molar-refractivity contribution in [2.24, 2.45) is 0 Å². The van der Waals surface area contributed by atoms with Gasteiger partial charge in [0.25, 0.3) is 0 Å². The van der Waals surface area contributed by atoms with E-state index in [2.05, 4.69) is 4.98 Å². The van der Waals surface area contributed by atoms with Crippen LogP contribution in [-0.2, 0) is 6.42 Å². The van der Waals surface area contributed by atoms with Gasteiger partial charge in [-0.25, -0.2) is 4.39 Å². The number of thioether (sulfide) groups is 1. The summed E-state index contributed by atoms with van der Waals surface area (Å²) in [5, 5.41) is 20.4. The smallest absolute Gasteiger partial charge is 0.141 e. The van der Waals surface area contributed by atoms with Gasteiger partial charge in [0.15, 0.2) is 0 Å². The molecular weight excluding hydrogens is 375 g/mol. The Bertz CT molecular complexity index is 906. The number of aromatic nitrogens is 1. The summed E-state index contributed by atoms with van der Waals surface area (Å²) >= 11 is 1.72. The zero-order chi connectivity index (χ0) is 19.5. The SMILES string of the molecule is Oc1ccc([C@@H]2[C@@H](SCCc3cccnc3)C(O)N2c2ccc(F)cc2)cc1. The van der Waals surface area contributed by atoms with Crippen molar-refractivity contribution in [2.45, 2.75) is 23.9 Å². The molecule has 6 heteroatoms. The second-order valence-electron chi connectivity index (χ2n) is 6.78. The molecule has 1 saturated heterocycles. The normalized spacial score (nSPS) is 21.4. The van der Waals surface area contributed by atoms with Crippen LogP contribution in [0, 0.1) is 5.82 Å². The van der Waals surface area contributed by atoms with E-state index in [9.17, 15) is 14.6 Å². The summed E-state index contributed by atoms with van der Waals surface area (Å²) in [6.45, 7) is 0. The van der Waals surface area contributed by atoms with Crippen LogP contribution in [0.2, 0.25) is 0 Å². The summed E-state index contributed by atoms with van der Waals surface area (Å²) in [6, 6.07) is 17.1. The molecule has 1 aromatic heterocycles. The topological polar surface area (TPSA) is 56.6 Å². The third-order valence-electron chi connectivity index (χ3n) is 4.97. The minimum absolute atomic E-state index is 0.0220. The molecule has 2 N–H and O–H groups in total. The third kappa shape index (κ3) is 3.84. The second kappa shape index (κ2) is 8.20. The number of nitrogens with zero attached hydrogens (tertiary/aromatic N) is 2. The molecule has 3 atom stereocenters. The number of rotatable bonds is 6. The average Bonchev–Trinajstić information content (AvgIpc) is 2.72. The first-order valence-electron chi connectivity index (χ1n) is 9.15. The molecule has 0 radical (unpaired) electrons. The highest BCUT2D eigenvalue weighted by Gasteiger charge is 2.48. The van der Waals surface area contributed by atoms with E-state index in [-0.39, 0.29) is 22.9 Å². The molecule has 28 heavy (non-hydrogen) atoms. The van der Waals surface area contributed by atoms with Gasteiger partial charge in [-0.05, 0) is 65.8 Å². The van der Waals surface area contributed by atoms with Gasteiger partial charge in [-0.15, -0.1) is 0 Å². The fourth-order valence-electron chi connectivity index (χ4n) is 3.53. The van der Waals surface area contributed by atoms with E-state index in [1.807, 2.05) is 35.4 Å². The maximum Gasteiger partial charge on any atom is 0.141 e. The Labute approximate surface area is 167 Å². The molecule has 144 valence electrons. The van der Waals surface area contributed by atoms with E-state index in [4.69, 9.17) is 0 Å². The number of phenols is 1. The summed E-state index contributed by atoms with van der Waals surface area (Å²) in [4.78, 5) is 6.04. The van der Waals surface area contributed by atoms with Crippen molar-refractivity contribution < 1.29 is 14.6 Å². The molecule has 2 aromatic carbocycles. The van der Waals surface area contributed by atoms with Crippen LogP contribution in [0.3, 0.4) is 0 Å². The first kappa shape index (κ1) is 18.8. The predicted octanol–water partition coefficient (Wildman–Crippen LogP) is 4.15. The molecule has 1 fully saturated rings. The van der Waals surface area contributed by atoms with Gasteiger partial charge in [0.05, 0.1) is 11.3 Å². The van der Waals surface area contributed by atoms with Crippen molar-refractivity contribution in [2.75, 3.05) is 10.7 Å². The van der Waals surface area contributed by atoms with E-state index in [0.29, 0.717) is 0 Å². The molecule has 4 nitrogen and oxygen atoms in total. The molecule has 1 unspecified atom stereocenters. The maximum absolute atomic E-state index is 13.3. The molecule has 1 aliphatic rings. The van der Waals surface area contributed by atoms with E-state index in [1.165, 1.54) is 17.7 Å². The number of aliphatic hydroxyl groups excluding tert-OH is 1. The number of anilines is 1. The highest BCUT2D eigenvalue weighted by atomic mass is 32.2. The Kier molecular flexibility index (Phi) is 5.50. The van der Waals surface area contributed by atoms with Crippen LogP contribution >= 0.6 is 11.8 Å². The molecule has 0 bridgehead atoms. The summed E-state index contributed by atoms with van der Waals surface area (Å²) in [5.41, 5.74) is 2.95. The fourth-order valence-corrected chi connectivity index (χ4v) is 4.93. The number of halogens is 1. The lowest BCUT2D eigenvalue weighted by Gasteiger charge is -2.53. The highest BCUT2D eigenvalue weighted by molar-refractivity contribution is 8.00. The van der Waals surface area contributed by atoms with Crippen LogP contribution in [0.4, 0.5) is 10.1 Å². The predicted molar refractivity (Wildman–Crippen MR) is 110 cm³/mol. The first-order valence-corrected chi connectivity index (χ1v) is 10.2. The van der Waals surface area contributed by atoms with Crippen molar-refractivity contribution in [3.63, 3.8) is 0 Å². The standard InChI is InChI=1S/C22H21FN2O2S/c23-17-5-7-18(8-6-17)25-20(16-3-9-19(26)10-4-16)21(22(25)27)28-13-11-15-2-1-12-24-14-15/h1-10,12,14,20-22,26-27H,11,13H2/t20-,21-,22?/m1/s1. The largest absolute Gasteiger partial charge is 0.508 e. The molecule has 0 aliphatic carbocycles. The van der Waals surface area contributed by atoms with Crippen molar-refractivity contribution in [3.05, 3.63) is 90.0 Å². The van der Waals surface area contributed by atoms with E-state index >= 15 is 0 Å². The quantitative estimate of drug-likeness (QED) is 0.656. The zero-order valence-corrected chi connectivity index (χ0v) is 16.0. The van der Waals surface area contributed by atoms with Crippen molar-refractivity contribution in [1.29, 1.82) is 0 Å². The number of benzene rings is 2. The van der Waals surface area contributed by atoms with Gasteiger partial charge in [-0.3, -0.25) is 4.98 Å². The Morgan fingerprint density at radius 1 is 1.04 bits per heavy atom. The Balaban J connectivity index is 1.53. The van der Waals surface area contributed by atoms with E-state index in [0.717, 1.165) is 23.4 Å². The van der Waals surface area contributed by atoms with Crippen molar-refractivity contribution in [1.82, 2.24) is 4.98 Å². The highest BCUT2D eigenvalue weighted by Crippen LogP contribution is 2.48. The molecule has 2 heterocycles. The molecule has 4 rings (SSSR count). The van der Waals surface area contributed by atoms with Gasteiger partial charge in [0, 0.05) is 18.1 Å². The lowest BCUT2D eigenvalue weighted by atomic mass is 9.91. The first-order chi connectivity index (χ1) is 13.6. The van der Waals surface area contributed by atoms with Gasteiger partial charge in [-0.2, -0.15) is 11.8 Å². The monoisotopic (exact) mass is 396 g/mol. The second-order valence-corrected chi connectivity index (χ2v) is 8.07. The van der Waals surface area contributed by atoms with Crippen LogP contribution in [-0.4, -0.2) is 32.4 Å². The molecule has 0 spiro atoms. The molecular formula is C22H21FN2O2S. The van der Waals surface area contributed by atoms with Gasteiger partial charge in [0.1, 0.15) is 17.8 Å². The van der Waals surface area contributed by atoms with Gasteiger partial charge >= 0.3 is 0 Å². The number of pyridine rings is 1. The summed E-state index contributed by atoms with van der Waals surface area (Å²) < 4.78 is 13.3. The minimum atomic E-state index is -0.664. The van der Waals surface area contributed by atoms with Crippen LogP contribution in [0.15, 0.2) is 73.1 Å². The van der Waals surface area contributed by atoms with Crippen LogP contribution in [0.5, 0.6) is 5.75 Å². The number of aliphatic hydroxyl groups is 1. The lowest BCUT2D eigenvalue weighted by molar-refractivity contribution is 0.0871. The summed E-state index contributed by atoms with van der Waals surface area (Å²) in [7, 11) is 0. The third-order valence-corrected chi connectivity index (χ3v) is 6.30. The minimum Gasteiger partial charge on any atom is -0.508 e. The van der Waals surface area contributed by atoms with Gasteiger partial charge in [-0.1, -0.05) is 18.2 Å². The van der Waals surface area contributed by atoms with Crippen molar-refractivity contribution >= 4 is 17.4 Å². The van der Waals surface area contributed by atoms with Crippen LogP contribution < -0.4 is 4.90 Å². The zero-order valence-electron chi connectivity index (χ0n) is 15.1. The van der Waals surface area contributed by atoms with E-state index in [1.54, 1.807) is 42.2 Å². The van der Waals surface area contributed by atoms with Crippen LogP contribution in [0.1, 0.15) is 17.2 Å². The Morgan fingerprint density at radius 3 is 2.46 bits per heavy atom. The summed E-state index contributed by atoms with van der Waals surface area (Å²) in [5.74, 6) is 0.763. The molecule has 1 aliphatic heterocycles. The fraction of sp³-hybridized carbons (Fsp3) is 0.227. The Hall–Kier alpha value is -2.57. The number of aromatic hydroxyl groups is 1. The molecule has 0 amide bonds. The number of aryl methyl sites for hydroxylation is 1. The number of phenolic OH excluding ortho intramolecular Hbond substituents is 1. The Morgan fingerprint density at radius 2 is 1.79 bits per heavy atom. The average molecular weight is 396 g/mol. The van der Waals surface area contributed by atoms with Gasteiger partial charge in [0.2, 0.25) is 0 Å². The van der Waals surface area contributed by atoms with Crippen molar-refractivity contribution in [3.8, 4) is 5.75 Å². The number of hydrogen-bond donors (Lipinski definition) is 2. The maximum atomic E-state index is 13.3. The van der Waals surface area contributed by atoms with E-state index < -0.39 is 6.23 Å². The number of hydrogen-bond acceptors (Lipinski definition) is 5. The van der Waals surface area contributed by atoms with Gasteiger partial charge < -0.3 is 15.1 Å².